The smallest absolute Gasteiger partial charge is 0.215 e. The van der Waals surface area contributed by atoms with E-state index in [1.165, 1.54) is 6.26 Å². The third-order valence-electron chi connectivity index (χ3n) is 2.94. The van der Waals surface area contributed by atoms with Gasteiger partial charge in [0.05, 0.1) is 4.90 Å². The molecule has 1 aromatic carbocycles. The van der Waals surface area contributed by atoms with Crippen LogP contribution in [0.15, 0.2) is 57.4 Å². The average Bonchev–Trinajstić information content (AvgIpc) is 2.46. The first kappa shape index (κ1) is 17.8. The van der Waals surface area contributed by atoms with E-state index in [1.807, 2.05) is 32.1 Å². The first-order valence-corrected chi connectivity index (χ1v) is 8.56. The number of sulfone groups is 1. The number of benzene rings is 1. The molecule has 0 spiro atoms. The Morgan fingerprint density at radius 2 is 1.77 bits per heavy atom. The van der Waals surface area contributed by atoms with Gasteiger partial charge in [-0.3, -0.25) is 4.99 Å². The van der Waals surface area contributed by atoms with Gasteiger partial charge in [0.2, 0.25) is 5.96 Å². The second-order valence-electron chi connectivity index (χ2n) is 4.84. The Balaban J connectivity index is 2.88. The second kappa shape index (κ2) is 7.70. The fourth-order valence-corrected chi connectivity index (χ4v) is 2.29. The van der Waals surface area contributed by atoms with Crippen LogP contribution in [0.4, 0.5) is 0 Å². The lowest BCUT2D eigenvalue weighted by atomic mass is 10.1. The Hall–Kier alpha value is -2.21. The van der Waals surface area contributed by atoms with Crippen molar-refractivity contribution in [2.24, 2.45) is 15.7 Å². The fourth-order valence-electron chi connectivity index (χ4n) is 1.66. The maximum absolute atomic E-state index is 11.4. The molecule has 0 unspecified atom stereocenters. The van der Waals surface area contributed by atoms with E-state index >= 15 is 0 Å². The molecule has 6 heteroatoms. The minimum absolute atomic E-state index is 0.235. The van der Waals surface area contributed by atoms with Gasteiger partial charge in [-0.15, -0.1) is 0 Å². The summed E-state index contributed by atoms with van der Waals surface area (Å²) in [7, 11) is -1.58. The van der Waals surface area contributed by atoms with Crippen LogP contribution in [0.3, 0.4) is 0 Å². The van der Waals surface area contributed by atoms with E-state index in [0.717, 1.165) is 16.8 Å². The zero-order chi connectivity index (χ0) is 16.8. The number of hydrogen-bond donors (Lipinski definition) is 1. The lowest BCUT2D eigenvalue weighted by Gasteiger charge is -2.02. The van der Waals surface area contributed by atoms with Crippen molar-refractivity contribution >= 4 is 27.1 Å². The summed E-state index contributed by atoms with van der Waals surface area (Å²) in [4.78, 5) is 8.14. The predicted molar refractivity (Wildman–Crippen MR) is 93.0 cm³/mol. The summed E-state index contributed by atoms with van der Waals surface area (Å²) >= 11 is 0. The molecular weight excluding hydrogens is 298 g/mol. The van der Waals surface area contributed by atoms with Crippen molar-refractivity contribution in [3.05, 3.63) is 48.1 Å². The Bertz CT molecular complexity index is 740. The van der Waals surface area contributed by atoms with Gasteiger partial charge in [0.15, 0.2) is 9.84 Å². The van der Waals surface area contributed by atoms with Crippen LogP contribution >= 0.6 is 0 Å². The summed E-state index contributed by atoms with van der Waals surface area (Å²) in [5, 5.41) is 0. The van der Waals surface area contributed by atoms with Crippen LogP contribution in [0, 0.1) is 0 Å². The van der Waals surface area contributed by atoms with Crippen LogP contribution in [0.2, 0.25) is 0 Å². The molecule has 0 aromatic heterocycles. The molecule has 0 aliphatic heterocycles. The number of allylic oxidation sites excluding steroid dienone is 4. The van der Waals surface area contributed by atoms with Crippen LogP contribution < -0.4 is 5.73 Å². The minimum atomic E-state index is -3.16. The highest BCUT2D eigenvalue weighted by Gasteiger charge is 2.06. The Morgan fingerprint density at radius 3 is 2.27 bits per heavy atom. The average molecular weight is 319 g/mol. The third-order valence-corrected chi connectivity index (χ3v) is 4.07. The van der Waals surface area contributed by atoms with E-state index in [0.29, 0.717) is 4.90 Å². The van der Waals surface area contributed by atoms with Crippen molar-refractivity contribution in [1.29, 1.82) is 0 Å². The van der Waals surface area contributed by atoms with E-state index in [1.54, 1.807) is 31.3 Å². The molecular formula is C16H21N3O2S. The van der Waals surface area contributed by atoms with Crippen LogP contribution in [0.1, 0.15) is 19.4 Å². The van der Waals surface area contributed by atoms with Gasteiger partial charge in [0, 0.05) is 19.0 Å². The Labute approximate surface area is 131 Å². The zero-order valence-corrected chi connectivity index (χ0v) is 14.1. The SMILES string of the molecule is CN=C(N)N=C(C)/C=C\C=C(/C)c1ccc(S(C)(=O)=O)cc1. The summed E-state index contributed by atoms with van der Waals surface area (Å²) in [5.74, 6) is 0.235. The quantitative estimate of drug-likeness (QED) is 0.525. The van der Waals surface area contributed by atoms with Crippen LogP contribution in [-0.2, 0) is 9.84 Å². The van der Waals surface area contributed by atoms with Gasteiger partial charge in [-0.05, 0) is 43.2 Å². The molecule has 22 heavy (non-hydrogen) atoms. The molecule has 0 heterocycles. The highest BCUT2D eigenvalue weighted by molar-refractivity contribution is 7.90. The summed E-state index contributed by atoms with van der Waals surface area (Å²) in [6.45, 7) is 3.78. The van der Waals surface area contributed by atoms with Gasteiger partial charge in [0.25, 0.3) is 0 Å². The second-order valence-corrected chi connectivity index (χ2v) is 6.86. The molecule has 2 N–H and O–H groups in total. The van der Waals surface area contributed by atoms with Crippen LogP contribution in [0.5, 0.6) is 0 Å². The first-order chi connectivity index (χ1) is 10.2. The normalized spacial score (nSPS) is 14.6. The van der Waals surface area contributed by atoms with Crippen molar-refractivity contribution < 1.29 is 8.42 Å². The van der Waals surface area contributed by atoms with Gasteiger partial charge in [-0.25, -0.2) is 13.4 Å². The van der Waals surface area contributed by atoms with E-state index in [-0.39, 0.29) is 5.96 Å². The summed E-state index contributed by atoms with van der Waals surface area (Å²) in [5.41, 5.74) is 8.23. The molecule has 0 fully saturated rings. The molecule has 0 aliphatic rings. The molecule has 5 nitrogen and oxygen atoms in total. The molecule has 1 rings (SSSR count). The van der Waals surface area contributed by atoms with Crippen molar-refractivity contribution in [3.8, 4) is 0 Å². The van der Waals surface area contributed by atoms with E-state index in [2.05, 4.69) is 9.98 Å². The highest BCUT2D eigenvalue weighted by atomic mass is 32.2. The van der Waals surface area contributed by atoms with E-state index in [9.17, 15) is 8.42 Å². The van der Waals surface area contributed by atoms with Crippen molar-refractivity contribution in [3.63, 3.8) is 0 Å². The summed E-state index contributed by atoms with van der Waals surface area (Å²) in [6.07, 6.45) is 6.81. The van der Waals surface area contributed by atoms with Crippen LogP contribution in [-0.4, -0.2) is 33.4 Å². The molecule has 1 aromatic rings. The predicted octanol–water partition coefficient (Wildman–Crippen LogP) is 2.46. The van der Waals surface area contributed by atoms with Gasteiger partial charge in [0.1, 0.15) is 0 Å². The number of hydrogen-bond acceptors (Lipinski definition) is 3. The zero-order valence-electron chi connectivity index (χ0n) is 13.2. The van der Waals surface area contributed by atoms with Crippen molar-refractivity contribution in [2.45, 2.75) is 18.7 Å². The number of rotatable bonds is 4. The molecule has 0 saturated carbocycles. The van der Waals surface area contributed by atoms with E-state index < -0.39 is 9.84 Å². The monoisotopic (exact) mass is 319 g/mol. The van der Waals surface area contributed by atoms with Gasteiger partial charge in [-0.1, -0.05) is 24.3 Å². The Morgan fingerprint density at radius 1 is 1.18 bits per heavy atom. The van der Waals surface area contributed by atoms with Crippen molar-refractivity contribution in [1.82, 2.24) is 0 Å². The number of nitrogens with zero attached hydrogens (tertiary/aromatic N) is 2. The molecule has 0 saturated heterocycles. The maximum Gasteiger partial charge on any atom is 0.215 e. The Kier molecular flexibility index (Phi) is 6.24. The molecule has 0 atom stereocenters. The summed E-state index contributed by atoms with van der Waals surface area (Å²) < 4.78 is 22.8. The van der Waals surface area contributed by atoms with Gasteiger partial charge >= 0.3 is 0 Å². The molecule has 118 valence electrons. The molecule has 0 radical (unpaired) electrons. The molecule has 0 amide bonds. The van der Waals surface area contributed by atoms with Gasteiger partial charge < -0.3 is 5.73 Å². The number of guanidine groups is 1. The molecule has 0 aliphatic carbocycles. The number of nitrogens with two attached hydrogens (primary N) is 1. The number of aliphatic imine (C=N–C) groups is 2. The molecule has 0 bridgehead atoms. The fraction of sp³-hybridized carbons (Fsp3) is 0.250. The lowest BCUT2D eigenvalue weighted by molar-refractivity contribution is 0.602. The van der Waals surface area contributed by atoms with E-state index in [4.69, 9.17) is 5.73 Å². The summed E-state index contributed by atoms with van der Waals surface area (Å²) in [6, 6.07) is 6.80. The first-order valence-electron chi connectivity index (χ1n) is 6.67. The maximum atomic E-state index is 11.4. The standard InChI is InChI=1S/C16H21N3O2S/c1-12(6-5-7-13(2)19-16(17)18-3)14-8-10-15(11-9-14)22(4,20)21/h5-11H,1-4H3,(H2,17,18)/b7-5-,12-6+,19-13?. The highest BCUT2D eigenvalue weighted by Crippen LogP contribution is 2.17. The van der Waals surface area contributed by atoms with Crippen LogP contribution in [0.25, 0.3) is 5.57 Å². The minimum Gasteiger partial charge on any atom is -0.368 e. The largest absolute Gasteiger partial charge is 0.368 e. The van der Waals surface area contributed by atoms with Crippen molar-refractivity contribution in [2.75, 3.05) is 13.3 Å². The van der Waals surface area contributed by atoms with Gasteiger partial charge in [-0.2, -0.15) is 0 Å². The third kappa shape index (κ3) is 5.65. The topological polar surface area (TPSA) is 84.9 Å². The lowest BCUT2D eigenvalue weighted by Crippen LogP contribution is -2.09.